The maximum atomic E-state index is 12.2. The van der Waals surface area contributed by atoms with Crippen LogP contribution >= 0.6 is 0 Å². The molecule has 0 aromatic carbocycles. The van der Waals surface area contributed by atoms with E-state index in [1.807, 2.05) is 13.8 Å². The van der Waals surface area contributed by atoms with E-state index in [4.69, 9.17) is 5.73 Å². The van der Waals surface area contributed by atoms with Crippen molar-refractivity contribution in [2.45, 2.75) is 45.3 Å². The Kier molecular flexibility index (Phi) is 5.59. The van der Waals surface area contributed by atoms with Gasteiger partial charge in [0.05, 0.1) is 6.54 Å². The highest BCUT2D eigenvalue weighted by Crippen LogP contribution is 2.19. The van der Waals surface area contributed by atoms with Crippen molar-refractivity contribution in [1.82, 2.24) is 4.90 Å². The third-order valence-electron chi connectivity index (χ3n) is 2.80. The van der Waals surface area contributed by atoms with E-state index in [0.29, 0.717) is 25.9 Å². The van der Waals surface area contributed by atoms with Crippen molar-refractivity contribution in [3.8, 4) is 0 Å². The Labute approximate surface area is 89.6 Å². The molecule has 5 heteroatoms. The number of rotatable bonds is 6. The molecule has 15 heavy (non-hydrogen) atoms. The fourth-order valence-electron chi connectivity index (χ4n) is 1.45. The van der Waals surface area contributed by atoms with Gasteiger partial charge in [0.1, 0.15) is 0 Å². The van der Waals surface area contributed by atoms with Crippen molar-refractivity contribution in [1.29, 1.82) is 0 Å². The van der Waals surface area contributed by atoms with E-state index < -0.39 is 18.3 Å². The second-order valence-electron chi connectivity index (χ2n) is 3.99. The molecule has 0 amide bonds. The molecule has 2 nitrogen and oxygen atoms in total. The highest BCUT2D eigenvalue weighted by atomic mass is 19.4. The van der Waals surface area contributed by atoms with Crippen LogP contribution in [0.25, 0.3) is 0 Å². The Bertz CT molecular complexity index is 176. The lowest BCUT2D eigenvalue weighted by molar-refractivity contribution is -0.147. The minimum absolute atomic E-state index is 0.302. The first-order valence-electron chi connectivity index (χ1n) is 5.34. The van der Waals surface area contributed by atoms with Crippen LogP contribution in [-0.2, 0) is 0 Å². The average molecular weight is 226 g/mol. The van der Waals surface area contributed by atoms with Crippen LogP contribution in [-0.4, -0.2) is 36.2 Å². The number of nitrogens with zero attached hydrogens (tertiary/aromatic N) is 1. The summed E-state index contributed by atoms with van der Waals surface area (Å²) >= 11 is 0. The molecule has 0 aromatic heterocycles. The Morgan fingerprint density at radius 1 is 1.00 bits per heavy atom. The number of likely N-dealkylation sites (N-methyl/N-ethyl adjacent to an activating group) is 1. The third-order valence-corrected chi connectivity index (χ3v) is 2.80. The van der Waals surface area contributed by atoms with Gasteiger partial charge >= 0.3 is 6.18 Å². The largest absolute Gasteiger partial charge is 0.401 e. The van der Waals surface area contributed by atoms with Gasteiger partial charge in [-0.05, 0) is 19.4 Å². The van der Waals surface area contributed by atoms with E-state index in [2.05, 4.69) is 0 Å². The summed E-state index contributed by atoms with van der Waals surface area (Å²) in [6.07, 6.45) is -2.76. The van der Waals surface area contributed by atoms with Crippen molar-refractivity contribution in [3.05, 3.63) is 0 Å². The zero-order chi connectivity index (χ0) is 12.1. The lowest BCUT2D eigenvalue weighted by atomic mass is 9.93. The second-order valence-corrected chi connectivity index (χ2v) is 3.99. The van der Waals surface area contributed by atoms with E-state index in [9.17, 15) is 13.2 Å². The van der Waals surface area contributed by atoms with Crippen LogP contribution in [0.3, 0.4) is 0 Å². The van der Waals surface area contributed by atoms with Gasteiger partial charge in [0.25, 0.3) is 0 Å². The SMILES string of the molecule is CCN(CC(F)(F)F)CC(N)(CC)CC. The standard InChI is InChI=1S/C10H21F3N2/c1-4-9(14,5-2)7-15(6-3)8-10(11,12)13/h4-8,14H2,1-3H3. The van der Waals surface area contributed by atoms with Crippen LogP contribution in [0.5, 0.6) is 0 Å². The first-order valence-corrected chi connectivity index (χ1v) is 5.34. The van der Waals surface area contributed by atoms with Gasteiger partial charge in [0, 0.05) is 12.1 Å². The fraction of sp³-hybridized carbons (Fsp3) is 1.00. The van der Waals surface area contributed by atoms with Gasteiger partial charge in [-0.15, -0.1) is 0 Å². The Morgan fingerprint density at radius 3 is 1.73 bits per heavy atom. The van der Waals surface area contributed by atoms with Crippen LogP contribution in [0, 0.1) is 0 Å². The minimum Gasteiger partial charge on any atom is -0.324 e. The van der Waals surface area contributed by atoms with E-state index in [1.165, 1.54) is 4.90 Å². The quantitative estimate of drug-likeness (QED) is 0.753. The van der Waals surface area contributed by atoms with Crippen molar-refractivity contribution < 1.29 is 13.2 Å². The fourth-order valence-corrected chi connectivity index (χ4v) is 1.45. The Morgan fingerprint density at radius 2 is 1.47 bits per heavy atom. The molecule has 2 N–H and O–H groups in total. The summed E-state index contributed by atoms with van der Waals surface area (Å²) in [5.74, 6) is 0. The topological polar surface area (TPSA) is 29.3 Å². The zero-order valence-corrected chi connectivity index (χ0v) is 9.69. The highest BCUT2D eigenvalue weighted by Gasteiger charge is 2.33. The van der Waals surface area contributed by atoms with Crippen molar-refractivity contribution in [2.24, 2.45) is 5.73 Å². The molecule has 0 spiro atoms. The normalized spacial score (nSPS) is 13.6. The molecule has 0 bridgehead atoms. The Hall–Kier alpha value is -0.290. The number of halogens is 3. The van der Waals surface area contributed by atoms with Crippen molar-refractivity contribution >= 4 is 0 Å². The van der Waals surface area contributed by atoms with Gasteiger partial charge < -0.3 is 5.73 Å². The zero-order valence-electron chi connectivity index (χ0n) is 9.69. The summed E-state index contributed by atoms with van der Waals surface area (Å²) in [6, 6.07) is 0. The summed E-state index contributed by atoms with van der Waals surface area (Å²) in [5, 5.41) is 0. The molecule has 0 atom stereocenters. The molecular weight excluding hydrogens is 205 g/mol. The maximum Gasteiger partial charge on any atom is 0.401 e. The van der Waals surface area contributed by atoms with Crippen molar-refractivity contribution in [2.75, 3.05) is 19.6 Å². The molecular formula is C10H21F3N2. The number of alkyl halides is 3. The van der Waals surface area contributed by atoms with Gasteiger partial charge in [-0.3, -0.25) is 4.90 Å². The first kappa shape index (κ1) is 14.7. The number of nitrogens with two attached hydrogens (primary N) is 1. The van der Waals surface area contributed by atoms with E-state index in [0.717, 1.165) is 0 Å². The number of hydrogen-bond donors (Lipinski definition) is 1. The molecule has 0 fully saturated rings. The summed E-state index contributed by atoms with van der Waals surface area (Å²) in [7, 11) is 0. The van der Waals surface area contributed by atoms with Gasteiger partial charge in [-0.25, -0.2) is 0 Å². The lowest BCUT2D eigenvalue weighted by Crippen LogP contribution is -2.51. The summed E-state index contributed by atoms with van der Waals surface area (Å²) < 4.78 is 36.6. The predicted octanol–water partition coefficient (Wildman–Crippen LogP) is 2.39. The lowest BCUT2D eigenvalue weighted by Gasteiger charge is -2.33. The summed E-state index contributed by atoms with van der Waals surface area (Å²) in [6.45, 7) is 5.34. The molecule has 0 heterocycles. The van der Waals surface area contributed by atoms with Crippen LogP contribution in [0.15, 0.2) is 0 Å². The number of hydrogen-bond acceptors (Lipinski definition) is 2. The average Bonchev–Trinajstić information content (AvgIpc) is 2.14. The highest BCUT2D eigenvalue weighted by molar-refractivity contribution is 4.85. The summed E-state index contributed by atoms with van der Waals surface area (Å²) in [5.41, 5.74) is 5.48. The van der Waals surface area contributed by atoms with Gasteiger partial charge in [0.2, 0.25) is 0 Å². The maximum absolute atomic E-state index is 12.2. The van der Waals surface area contributed by atoms with Crippen LogP contribution in [0.1, 0.15) is 33.6 Å². The van der Waals surface area contributed by atoms with Gasteiger partial charge in [-0.2, -0.15) is 13.2 Å². The van der Waals surface area contributed by atoms with Gasteiger partial charge in [0.15, 0.2) is 0 Å². The van der Waals surface area contributed by atoms with Gasteiger partial charge in [-0.1, -0.05) is 20.8 Å². The monoisotopic (exact) mass is 226 g/mol. The molecule has 0 unspecified atom stereocenters. The minimum atomic E-state index is -4.14. The second kappa shape index (κ2) is 5.70. The first-order chi connectivity index (χ1) is 6.76. The third kappa shape index (κ3) is 5.99. The van der Waals surface area contributed by atoms with Crippen LogP contribution < -0.4 is 5.73 Å². The van der Waals surface area contributed by atoms with Crippen LogP contribution in [0.4, 0.5) is 13.2 Å². The predicted molar refractivity (Wildman–Crippen MR) is 55.7 cm³/mol. The molecule has 0 saturated carbocycles. The molecule has 0 aromatic rings. The van der Waals surface area contributed by atoms with E-state index in [-0.39, 0.29) is 0 Å². The smallest absolute Gasteiger partial charge is 0.324 e. The van der Waals surface area contributed by atoms with E-state index >= 15 is 0 Å². The van der Waals surface area contributed by atoms with Crippen molar-refractivity contribution in [3.63, 3.8) is 0 Å². The molecule has 0 aliphatic carbocycles. The molecule has 0 aliphatic heterocycles. The van der Waals surface area contributed by atoms with Crippen LogP contribution in [0.2, 0.25) is 0 Å². The Balaban J connectivity index is 4.32. The molecule has 0 aliphatic rings. The summed E-state index contributed by atoms with van der Waals surface area (Å²) in [4.78, 5) is 1.35. The molecule has 92 valence electrons. The molecule has 0 rings (SSSR count). The molecule has 0 saturated heterocycles. The molecule has 0 radical (unpaired) electrons. The van der Waals surface area contributed by atoms with E-state index in [1.54, 1.807) is 6.92 Å².